The van der Waals surface area contributed by atoms with Crippen LogP contribution in [-0.2, 0) is 6.54 Å². The Morgan fingerprint density at radius 2 is 1.90 bits per heavy atom. The van der Waals surface area contributed by atoms with Gasteiger partial charge in [0.1, 0.15) is 0 Å². The first kappa shape index (κ1) is 16.3. The van der Waals surface area contributed by atoms with Crippen molar-refractivity contribution in [2.24, 2.45) is 5.41 Å². The molecule has 1 heterocycles. The Morgan fingerprint density at radius 3 is 2.57 bits per heavy atom. The molecule has 2 aromatic rings. The van der Waals surface area contributed by atoms with Crippen molar-refractivity contribution in [3.8, 4) is 0 Å². The fourth-order valence-corrected chi connectivity index (χ4v) is 3.21. The molecule has 2 nitrogen and oxygen atoms in total. The van der Waals surface area contributed by atoms with Gasteiger partial charge < -0.3 is 5.32 Å². The number of nitrogens with one attached hydrogen (secondary N) is 1. The van der Waals surface area contributed by atoms with Crippen LogP contribution in [0.3, 0.4) is 0 Å². The minimum atomic E-state index is 0.208. The molecule has 0 radical (unpaired) electrons. The third-order valence-corrected chi connectivity index (χ3v) is 5.10. The van der Waals surface area contributed by atoms with Crippen molar-refractivity contribution in [2.75, 3.05) is 12.4 Å². The van der Waals surface area contributed by atoms with E-state index in [4.69, 9.17) is 11.6 Å². The summed E-state index contributed by atoms with van der Waals surface area (Å²) in [5.41, 5.74) is 3.66. The molecule has 3 heteroatoms. The van der Waals surface area contributed by atoms with E-state index in [9.17, 15) is 0 Å². The fraction of sp³-hybridized carbons (Fsp3) is 0.500. The summed E-state index contributed by atoms with van der Waals surface area (Å²) >= 11 is 6.18. The van der Waals surface area contributed by atoms with Crippen LogP contribution in [0, 0.1) is 12.3 Å². The van der Waals surface area contributed by atoms with Gasteiger partial charge >= 0.3 is 0 Å². The van der Waals surface area contributed by atoms with Crippen LogP contribution in [-0.4, -0.2) is 17.4 Å². The van der Waals surface area contributed by atoms with Crippen molar-refractivity contribution < 1.29 is 0 Å². The first-order chi connectivity index (χ1) is 10.1. The zero-order chi connectivity index (χ0) is 15.3. The largest absolute Gasteiger partial charge is 0.312 e. The molecule has 0 saturated heterocycles. The average Bonchev–Trinajstić information content (AvgIpc) is 2.52. The number of pyridine rings is 1. The van der Waals surface area contributed by atoms with Gasteiger partial charge in [0, 0.05) is 30.0 Å². The lowest BCUT2D eigenvalue weighted by Gasteiger charge is -2.29. The monoisotopic (exact) mass is 304 g/mol. The molecule has 21 heavy (non-hydrogen) atoms. The highest BCUT2D eigenvalue weighted by atomic mass is 35.5. The van der Waals surface area contributed by atoms with Crippen LogP contribution in [0.4, 0.5) is 0 Å². The number of halogens is 1. The van der Waals surface area contributed by atoms with Crippen molar-refractivity contribution in [1.29, 1.82) is 0 Å². The summed E-state index contributed by atoms with van der Waals surface area (Å²) in [5.74, 6) is 0.711. The Morgan fingerprint density at radius 1 is 1.19 bits per heavy atom. The minimum absolute atomic E-state index is 0.208. The average molecular weight is 305 g/mol. The number of alkyl halides is 1. The molecule has 0 unspecified atom stereocenters. The number of para-hydroxylation sites is 1. The maximum absolute atomic E-state index is 6.18. The molecule has 0 bridgehead atoms. The van der Waals surface area contributed by atoms with Gasteiger partial charge in [-0.2, -0.15) is 0 Å². The van der Waals surface area contributed by atoms with Crippen LogP contribution >= 0.6 is 11.6 Å². The molecule has 2 rings (SSSR count). The number of aromatic nitrogens is 1. The van der Waals surface area contributed by atoms with Crippen LogP contribution in [0.25, 0.3) is 10.9 Å². The molecule has 114 valence electrons. The zero-order valence-corrected chi connectivity index (χ0v) is 14.0. The molecule has 0 atom stereocenters. The van der Waals surface area contributed by atoms with E-state index in [1.807, 2.05) is 6.07 Å². The smallest absolute Gasteiger partial charge is 0.0708 e. The Labute approximate surface area is 132 Å². The molecule has 0 fully saturated rings. The van der Waals surface area contributed by atoms with Crippen molar-refractivity contribution in [3.05, 3.63) is 41.6 Å². The van der Waals surface area contributed by atoms with E-state index < -0.39 is 0 Å². The molecule has 1 aromatic carbocycles. The maximum Gasteiger partial charge on any atom is 0.0708 e. The summed E-state index contributed by atoms with van der Waals surface area (Å²) in [6.45, 7) is 8.32. The van der Waals surface area contributed by atoms with E-state index in [1.165, 1.54) is 10.9 Å². The Kier molecular flexibility index (Phi) is 5.60. The summed E-state index contributed by atoms with van der Waals surface area (Å²) in [6.07, 6.45) is 2.21. The summed E-state index contributed by atoms with van der Waals surface area (Å²) in [5, 5.41) is 4.84. The van der Waals surface area contributed by atoms with Crippen LogP contribution in [0.2, 0.25) is 0 Å². The first-order valence-corrected chi connectivity index (χ1v) is 8.29. The van der Waals surface area contributed by atoms with Gasteiger partial charge in [0.15, 0.2) is 0 Å². The van der Waals surface area contributed by atoms with E-state index in [0.29, 0.717) is 5.88 Å². The van der Waals surface area contributed by atoms with Crippen molar-refractivity contribution in [2.45, 2.75) is 40.2 Å². The summed E-state index contributed by atoms with van der Waals surface area (Å²) in [6, 6.07) is 10.5. The Hall–Kier alpha value is -1.12. The molecular weight excluding hydrogens is 280 g/mol. The molecule has 0 aliphatic heterocycles. The molecule has 0 saturated carbocycles. The minimum Gasteiger partial charge on any atom is -0.312 e. The number of fused-ring (bicyclic) bond motifs is 1. The highest BCUT2D eigenvalue weighted by Crippen LogP contribution is 2.27. The second-order valence-electron chi connectivity index (χ2n) is 5.88. The van der Waals surface area contributed by atoms with Crippen molar-refractivity contribution >= 4 is 22.5 Å². The number of nitrogens with zero attached hydrogens (tertiary/aromatic N) is 1. The normalized spacial score (nSPS) is 12.0. The van der Waals surface area contributed by atoms with Gasteiger partial charge in [-0.25, -0.2) is 0 Å². The van der Waals surface area contributed by atoms with Gasteiger partial charge in [-0.15, -0.1) is 11.6 Å². The van der Waals surface area contributed by atoms with Crippen LogP contribution in [0.5, 0.6) is 0 Å². The van der Waals surface area contributed by atoms with Crippen molar-refractivity contribution in [1.82, 2.24) is 10.3 Å². The van der Waals surface area contributed by atoms with E-state index >= 15 is 0 Å². The van der Waals surface area contributed by atoms with E-state index in [-0.39, 0.29) is 5.41 Å². The summed E-state index contributed by atoms with van der Waals surface area (Å²) in [7, 11) is 0. The van der Waals surface area contributed by atoms with E-state index in [2.05, 4.69) is 55.3 Å². The van der Waals surface area contributed by atoms with Crippen LogP contribution in [0.1, 0.15) is 37.9 Å². The Bertz CT molecular complexity index is 583. The third kappa shape index (κ3) is 3.75. The molecule has 0 amide bonds. The van der Waals surface area contributed by atoms with Gasteiger partial charge in [-0.1, -0.05) is 32.0 Å². The maximum atomic E-state index is 6.18. The fourth-order valence-electron chi connectivity index (χ4n) is 2.74. The SMILES string of the molecule is CCC(CC)(CCl)CNCc1cc(C)nc2ccccc12. The summed E-state index contributed by atoms with van der Waals surface area (Å²) < 4.78 is 0. The standard InChI is InChI=1S/C18H25ClN2/c1-4-18(5-2,12-19)13-20-11-15-10-14(3)21-17-9-7-6-8-16(15)17/h6-10,20H,4-5,11-13H2,1-3H3. The summed E-state index contributed by atoms with van der Waals surface area (Å²) in [4.78, 5) is 4.59. The molecule has 0 spiro atoms. The number of rotatable bonds is 7. The van der Waals surface area contributed by atoms with Gasteiger partial charge in [-0.05, 0) is 42.9 Å². The lowest BCUT2D eigenvalue weighted by atomic mass is 9.84. The van der Waals surface area contributed by atoms with Gasteiger partial charge in [0.25, 0.3) is 0 Å². The topological polar surface area (TPSA) is 24.9 Å². The van der Waals surface area contributed by atoms with Crippen molar-refractivity contribution in [3.63, 3.8) is 0 Å². The second kappa shape index (κ2) is 7.24. The highest BCUT2D eigenvalue weighted by molar-refractivity contribution is 6.18. The van der Waals surface area contributed by atoms with E-state index in [0.717, 1.165) is 37.1 Å². The molecule has 1 aromatic heterocycles. The van der Waals surface area contributed by atoms with Gasteiger partial charge in [-0.3, -0.25) is 4.98 Å². The zero-order valence-electron chi connectivity index (χ0n) is 13.2. The third-order valence-electron chi connectivity index (χ3n) is 4.53. The molecular formula is C18H25ClN2. The molecule has 1 N–H and O–H groups in total. The quantitative estimate of drug-likeness (QED) is 0.751. The molecule has 0 aliphatic rings. The number of aryl methyl sites for hydroxylation is 1. The van der Waals surface area contributed by atoms with Gasteiger partial charge in [0.2, 0.25) is 0 Å². The number of hydrogen-bond acceptors (Lipinski definition) is 2. The predicted molar refractivity (Wildman–Crippen MR) is 91.9 cm³/mol. The molecule has 0 aliphatic carbocycles. The second-order valence-corrected chi connectivity index (χ2v) is 6.15. The Balaban J connectivity index is 2.13. The van der Waals surface area contributed by atoms with Crippen LogP contribution < -0.4 is 5.32 Å². The lowest BCUT2D eigenvalue weighted by molar-refractivity contribution is 0.286. The first-order valence-electron chi connectivity index (χ1n) is 7.76. The number of hydrogen-bond donors (Lipinski definition) is 1. The highest BCUT2D eigenvalue weighted by Gasteiger charge is 2.24. The lowest BCUT2D eigenvalue weighted by Crippen LogP contribution is -2.34. The number of benzene rings is 1. The van der Waals surface area contributed by atoms with E-state index in [1.54, 1.807) is 0 Å². The van der Waals surface area contributed by atoms with Gasteiger partial charge in [0.05, 0.1) is 5.52 Å². The predicted octanol–water partition coefficient (Wildman–Crippen LogP) is 4.68. The van der Waals surface area contributed by atoms with Crippen LogP contribution in [0.15, 0.2) is 30.3 Å².